The maximum absolute atomic E-state index is 12.5. The molecule has 0 heterocycles. The Morgan fingerprint density at radius 2 is 1.69 bits per heavy atom. The third kappa shape index (κ3) is 5.99. The van der Waals surface area contributed by atoms with Crippen molar-refractivity contribution in [1.82, 2.24) is 0 Å². The number of hydrogen-bond donors (Lipinski definition) is 5. The second-order valence-corrected chi connectivity index (χ2v) is 7.01. The molecule has 8 heteroatoms. The van der Waals surface area contributed by atoms with Crippen LogP contribution < -0.4 is 4.74 Å². The highest BCUT2D eigenvalue weighted by molar-refractivity contribution is 6.31. The highest BCUT2D eigenvalue weighted by atomic mass is 35.5. The molecule has 2 aromatic rings. The van der Waals surface area contributed by atoms with Crippen LogP contribution in [0.3, 0.4) is 0 Å². The van der Waals surface area contributed by atoms with Crippen LogP contribution in [0.25, 0.3) is 0 Å². The molecule has 0 spiro atoms. The Kier molecular flexibility index (Phi) is 8.58. The SMILES string of the molecule is CCOc1ccc(Cc2cc(C(=O)[C@H](O)[C@@H](O)[C@H](O)[C@H](O)CO)ccc2Cl)cc1. The molecule has 0 bridgehead atoms. The molecule has 0 unspecified atom stereocenters. The van der Waals surface area contributed by atoms with Gasteiger partial charge in [0.15, 0.2) is 5.78 Å². The van der Waals surface area contributed by atoms with E-state index >= 15 is 0 Å². The molecule has 29 heavy (non-hydrogen) atoms. The average Bonchev–Trinajstić information content (AvgIpc) is 2.74. The Morgan fingerprint density at radius 3 is 2.28 bits per heavy atom. The maximum Gasteiger partial charge on any atom is 0.194 e. The summed E-state index contributed by atoms with van der Waals surface area (Å²) in [6.07, 6.45) is -7.08. The minimum Gasteiger partial charge on any atom is -0.494 e. The summed E-state index contributed by atoms with van der Waals surface area (Å²) >= 11 is 6.24. The van der Waals surface area contributed by atoms with E-state index in [0.29, 0.717) is 23.6 Å². The number of rotatable bonds is 10. The first-order valence-electron chi connectivity index (χ1n) is 9.16. The van der Waals surface area contributed by atoms with Crippen molar-refractivity contribution in [2.45, 2.75) is 37.8 Å². The number of halogens is 1. The molecule has 0 aliphatic heterocycles. The highest BCUT2D eigenvalue weighted by Crippen LogP contribution is 2.23. The van der Waals surface area contributed by atoms with E-state index < -0.39 is 36.8 Å². The zero-order chi connectivity index (χ0) is 21.6. The highest BCUT2D eigenvalue weighted by Gasteiger charge is 2.34. The largest absolute Gasteiger partial charge is 0.494 e. The smallest absolute Gasteiger partial charge is 0.194 e. The van der Waals surface area contributed by atoms with Crippen LogP contribution in [-0.2, 0) is 6.42 Å². The van der Waals surface area contributed by atoms with E-state index in [9.17, 15) is 25.2 Å². The molecular weight excluding hydrogens is 400 g/mol. The number of benzene rings is 2. The molecule has 0 aliphatic rings. The first-order chi connectivity index (χ1) is 13.8. The number of carbonyl (C=O) groups is 1. The summed E-state index contributed by atoms with van der Waals surface area (Å²) in [5.74, 6) is -0.0988. The van der Waals surface area contributed by atoms with Gasteiger partial charge in [0.1, 0.15) is 30.2 Å². The van der Waals surface area contributed by atoms with Crippen molar-refractivity contribution in [3.05, 3.63) is 64.2 Å². The quantitative estimate of drug-likeness (QED) is 0.359. The molecule has 0 aromatic heterocycles. The summed E-state index contributed by atoms with van der Waals surface area (Å²) in [5.41, 5.74) is 1.66. The summed E-state index contributed by atoms with van der Waals surface area (Å²) < 4.78 is 5.40. The van der Waals surface area contributed by atoms with Gasteiger partial charge in [-0.15, -0.1) is 0 Å². The summed E-state index contributed by atoms with van der Waals surface area (Å²) in [7, 11) is 0. The van der Waals surface area contributed by atoms with Gasteiger partial charge in [0.05, 0.1) is 13.2 Å². The molecule has 0 aliphatic carbocycles. The first kappa shape index (κ1) is 23.3. The zero-order valence-corrected chi connectivity index (χ0v) is 16.7. The van der Waals surface area contributed by atoms with E-state index in [0.717, 1.165) is 11.3 Å². The molecule has 0 radical (unpaired) electrons. The van der Waals surface area contributed by atoms with Crippen LogP contribution in [0.5, 0.6) is 5.75 Å². The molecule has 0 fully saturated rings. The van der Waals surface area contributed by atoms with E-state index in [2.05, 4.69) is 0 Å². The molecule has 2 rings (SSSR count). The lowest BCUT2D eigenvalue weighted by Crippen LogP contribution is -2.48. The van der Waals surface area contributed by atoms with Crippen molar-refractivity contribution in [1.29, 1.82) is 0 Å². The zero-order valence-electron chi connectivity index (χ0n) is 15.9. The lowest BCUT2D eigenvalue weighted by atomic mass is 9.94. The lowest BCUT2D eigenvalue weighted by molar-refractivity contribution is -0.105. The van der Waals surface area contributed by atoms with Gasteiger partial charge in [-0.25, -0.2) is 0 Å². The monoisotopic (exact) mass is 424 g/mol. The van der Waals surface area contributed by atoms with Crippen molar-refractivity contribution in [2.75, 3.05) is 13.2 Å². The predicted molar refractivity (Wildman–Crippen MR) is 107 cm³/mol. The van der Waals surface area contributed by atoms with Crippen LogP contribution in [0.15, 0.2) is 42.5 Å². The van der Waals surface area contributed by atoms with Crippen molar-refractivity contribution < 1.29 is 35.1 Å². The van der Waals surface area contributed by atoms with E-state index in [1.165, 1.54) is 18.2 Å². The van der Waals surface area contributed by atoms with Crippen LogP contribution in [0, 0.1) is 0 Å². The third-order valence-electron chi connectivity index (χ3n) is 4.48. The molecule has 7 nitrogen and oxygen atoms in total. The van der Waals surface area contributed by atoms with Crippen LogP contribution in [0.4, 0.5) is 0 Å². The summed E-state index contributed by atoms with van der Waals surface area (Å²) in [5, 5.41) is 48.4. The van der Waals surface area contributed by atoms with Gasteiger partial charge in [-0.1, -0.05) is 23.7 Å². The van der Waals surface area contributed by atoms with Crippen molar-refractivity contribution >= 4 is 17.4 Å². The summed E-state index contributed by atoms with van der Waals surface area (Å²) in [6, 6.07) is 11.8. The molecule has 5 N–H and O–H groups in total. The van der Waals surface area contributed by atoms with Crippen LogP contribution >= 0.6 is 11.6 Å². The lowest BCUT2D eigenvalue weighted by Gasteiger charge is -2.25. The van der Waals surface area contributed by atoms with Gasteiger partial charge in [0.25, 0.3) is 0 Å². The number of ether oxygens (including phenoxy) is 1. The molecule has 0 saturated heterocycles. The van der Waals surface area contributed by atoms with Crippen molar-refractivity contribution in [3.8, 4) is 5.75 Å². The number of Topliss-reactive ketones (excluding diaryl/α,β-unsaturated/α-hetero) is 1. The maximum atomic E-state index is 12.5. The van der Waals surface area contributed by atoms with Crippen molar-refractivity contribution in [2.24, 2.45) is 0 Å². The Morgan fingerprint density at radius 1 is 1.03 bits per heavy atom. The van der Waals surface area contributed by atoms with Gasteiger partial charge in [-0.2, -0.15) is 0 Å². The fraction of sp³-hybridized carbons (Fsp3) is 0.381. The minimum absolute atomic E-state index is 0.0903. The van der Waals surface area contributed by atoms with Gasteiger partial charge < -0.3 is 30.3 Å². The van der Waals surface area contributed by atoms with Crippen LogP contribution in [0.1, 0.15) is 28.4 Å². The van der Waals surface area contributed by atoms with E-state index in [1.54, 1.807) is 0 Å². The fourth-order valence-electron chi connectivity index (χ4n) is 2.80. The minimum atomic E-state index is -1.98. The van der Waals surface area contributed by atoms with Gasteiger partial charge in [-0.3, -0.25) is 4.79 Å². The molecular formula is C21H25ClO7. The standard InChI is InChI=1S/C21H25ClO7/c1-2-29-15-6-3-12(4-7-15)9-14-10-13(5-8-16(14)22)18(25)20(27)21(28)19(26)17(24)11-23/h3-8,10,17,19-21,23-24,26-28H,2,9,11H2,1H3/t17-,19-,20+,21+/m1/s1. The van der Waals surface area contributed by atoms with E-state index in [-0.39, 0.29) is 5.56 Å². The van der Waals surface area contributed by atoms with Crippen molar-refractivity contribution in [3.63, 3.8) is 0 Å². The summed E-state index contributed by atoms with van der Waals surface area (Å²) in [4.78, 5) is 12.5. The summed E-state index contributed by atoms with van der Waals surface area (Å²) in [6.45, 7) is 1.63. The molecule has 4 atom stereocenters. The molecule has 0 saturated carbocycles. The van der Waals surface area contributed by atoms with E-state index in [1.807, 2.05) is 31.2 Å². The number of hydrogen-bond acceptors (Lipinski definition) is 7. The Bertz CT molecular complexity index is 809. The number of ketones is 1. The third-order valence-corrected chi connectivity index (χ3v) is 4.85. The van der Waals surface area contributed by atoms with Gasteiger partial charge >= 0.3 is 0 Å². The van der Waals surface area contributed by atoms with E-state index in [4.69, 9.17) is 21.4 Å². The normalized spacial score (nSPS) is 15.4. The predicted octanol–water partition coefficient (Wildman–Crippen LogP) is 0.948. The Balaban J connectivity index is 2.17. The average molecular weight is 425 g/mol. The van der Waals surface area contributed by atoms with Crippen LogP contribution in [-0.4, -0.2) is 68.9 Å². The Labute approximate surface area is 173 Å². The number of aliphatic hydroxyl groups excluding tert-OH is 5. The second kappa shape index (κ2) is 10.7. The van der Waals surface area contributed by atoms with Gasteiger partial charge in [-0.05, 0) is 54.8 Å². The Hall–Kier alpha value is -2.00. The number of carbonyl (C=O) groups excluding carboxylic acids is 1. The fourth-order valence-corrected chi connectivity index (χ4v) is 2.99. The van der Waals surface area contributed by atoms with Gasteiger partial charge in [0.2, 0.25) is 0 Å². The van der Waals surface area contributed by atoms with Gasteiger partial charge in [0, 0.05) is 10.6 Å². The topological polar surface area (TPSA) is 127 Å². The molecule has 158 valence electrons. The first-order valence-corrected chi connectivity index (χ1v) is 9.53. The number of aliphatic hydroxyl groups is 5. The second-order valence-electron chi connectivity index (χ2n) is 6.60. The molecule has 2 aromatic carbocycles. The molecule has 0 amide bonds. The van der Waals surface area contributed by atoms with Crippen LogP contribution in [0.2, 0.25) is 5.02 Å².